The van der Waals surface area contributed by atoms with E-state index in [-0.39, 0.29) is 11.8 Å². The van der Waals surface area contributed by atoms with Gasteiger partial charge in [0.15, 0.2) is 0 Å². The van der Waals surface area contributed by atoms with E-state index in [1.807, 2.05) is 19.1 Å². The number of amides is 2. The van der Waals surface area contributed by atoms with Crippen LogP contribution in [0, 0.1) is 6.92 Å². The van der Waals surface area contributed by atoms with Crippen molar-refractivity contribution in [2.45, 2.75) is 26.7 Å². The van der Waals surface area contributed by atoms with Gasteiger partial charge < -0.3 is 10.6 Å². The number of anilines is 2. The van der Waals surface area contributed by atoms with Crippen LogP contribution in [0.4, 0.5) is 11.4 Å². The molecule has 4 nitrogen and oxygen atoms in total. The molecule has 0 spiro atoms. The molecule has 1 aromatic rings. The second-order valence-corrected chi connectivity index (χ2v) is 4.71. The molecular formula is C13H17BrN2O2. The molecule has 5 heteroatoms. The lowest BCUT2D eigenvalue weighted by Gasteiger charge is -2.11. The van der Waals surface area contributed by atoms with Crippen molar-refractivity contribution in [3.63, 3.8) is 0 Å². The fourth-order valence-corrected chi connectivity index (χ4v) is 1.74. The quantitative estimate of drug-likeness (QED) is 0.821. The molecule has 1 rings (SSSR count). The second-order valence-electron chi connectivity index (χ2n) is 3.92. The molecule has 2 amide bonds. The van der Waals surface area contributed by atoms with Crippen molar-refractivity contribution in [1.29, 1.82) is 0 Å². The van der Waals surface area contributed by atoms with Gasteiger partial charge in [-0.15, -0.1) is 0 Å². The summed E-state index contributed by atoms with van der Waals surface area (Å²) in [6, 6.07) is 5.47. The van der Waals surface area contributed by atoms with Gasteiger partial charge in [0, 0.05) is 29.5 Å². The highest BCUT2D eigenvalue weighted by Crippen LogP contribution is 2.20. The highest BCUT2D eigenvalue weighted by molar-refractivity contribution is 9.09. The molecular weight excluding hydrogens is 296 g/mol. The normalized spacial score (nSPS) is 9.94. The summed E-state index contributed by atoms with van der Waals surface area (Å²) in [7, 11) is 0. The first-order valence-electron chi connectivity index (χ1n) is 5.83. The second kappa shape index (κ2) is 7.16. The van der Waals surface area contributed by atoms with Gasteiger partial charge in [0.2, 0.25) is 11.8 Å². The summed E-state index contributed by atoms with van der Waals surface area (Å²) in [6.45, 7) is 3.71. The average Bonchev–Trinajstić information content (AvgIpc) is 2.33. The summed E-state index contributed by atoms with van der Waals surface area (Å²) in [5.41, 5.74) is 2.39. The van der Waals surface area contributed by atoms with Crippen molar-refractivity contribution >= 4 is 39.1 Å². The van der Waals surface area contributed by atoms with Gasteiger partial charge in [-0.05, 0) is 24.6 Å². The maximum atomic E-state index is 11.5. The van der Waals surface area contributed by atoms with Crippen LogP contribution in [0.25, 0.3) is 0 Å². The third kappa shape index (κ3) is 4.49. The minimum Gasteiger partial charge on any atom is -0.326 e. The van der Waals surface area contributed by atoms with Gasteiger partial charge >= 0.3 is 0 Å². The van der Waals surface area contributed by atoms with Crippen LogP contribution in [0.15, 0.2) is 18.2 Å². The number of benzene rings is 1. The van der Waals surface area contributed by atoms with Crippen molar-refractivity contribution in [1.82, 2.24) is 0 Å². The van der Waals surface area contributed by atoms with E-state index in [9.17, 15) is 9.59 Å². The van der Waals surface area contributed by atoms with Gasteiger partial charge in [0.25, 0.3) is 0 Å². The molecule has 98 valence electrons. The van der Waals surface area contributed by atoms with E-state index in [2.05, 4.69) is 26.6 Å². The number of alkyl halides is 1. The lowest BCUT2D eigenvalue weighted by molar-refractivity contribution is -0.116. The molecule has 1 aromatic carbocycles. The van der Waals surface area contributed by atoms with Crippen LogP contribution in [0.3, 0.4) is 0 Å². The van der Waals surface area contributed by atoms with Crippen molar-refractivity contribution < 1.29 is 9.59 Å². The van der Waals surface area contributed by atoms with Crippen LogP contribution in [0.5, 0.6) is 0 Å². The van der Waals surface area contributed by atoms with Gasteiger partial charge in [-0.25, -0.2) is 0 Å². The fourth-order valence-electron chi connectivity index (χ4n) is 1.38. The molecule has 0 heterocycles. The predicted molar refractivity (Wildman–Crippen MR) is 77.1 cm³/mol. The first-order valence-corrected chi connectivity index (χ1v) is 6.95. The Kier molecular flexibility index (Phi) is 5.85. The monoisotopic (exact) mass is 312 g/mol. The molecule has 0 saturated carbocycles. The Bertz CT molecular complexity index is 447. The fraction of sp³-hybridized carbons (Fsp3) is 0.385. The summed E-state index contributed by atoms with van der Waals surface area (Å²) in [4.78, 5) is 22.8. The zero-order valence-corrected chi connectivity index (χ0v) is 12.1. The van der Waals surface area contributed by atoms with Gasteiger partial charge in [-0.3, -0.25) is 9.59 Å². The lowest BCUT2D eigenvalue weighted by Crippen LogP contribution is -2.14. The summed E-state index contributed by atoms with van der Waals surface area (Å²) in [5, 5.41) is 6.22. The number of hydrogen-bond acceptors (Lipinski definition) is 2. The minimum absolute atomic E-state index is 0.0448. The molecule has 0 atom stereocenters. The van der Waals surface area contributed by atoms with Crippen LogP contribution < -0.4 is 10.6 Å². The van der Waals surface area contributed by atoms with Gasteiger partial charge in [0.1, 0.15) is 0 Å². The summed E-state index contributed by atoms with van der Waals surface area (Å²) in [5.74, 6) is -0.0921. The Morgan fingerprint density at radius 2 is 1.94 bits per heavy atom. The maximum Gasteiger partial charge on any atom is 0.225 e. The molecule has 0 unspecified atom stereocenters. The van der Waals surface area contributed by atoms with Crippen molar-refractivity contribution in [3.05, 3.63) is 23.8 Å². The number of hydrogen-bond donors (Lipinski definition) is 2. The number of halogens is 1. The van der Waals surface area contributed by atoms with Crippen LogP contribution in [0.2, 0.25) is 0 Å². The third-order valence-electron chi connectivity index (χ3n) is 2.44. The number of rotatable bonds is 5. The summed E-state index contributed by atoms with van der Waals surface area (Å²) < 4.78 is 0. The molecule has 0 fully saturated rings. The van der Waals surface area contributed by atoms with Gasteiger partial charge in [-0.2, -0.15) is 0 Å². The molecule has 0 aliphatic heterocycles. The first kappa shape index (κ1) is 14.7. The molecule has 0 aliphatic carbocycles. The molecule has 0 bridgehead atoms. The summed E-state index contributed by atoms with van der Waals surface area (Å²) in [6.07, 6.45) is 0.851. The van der Waals surface area contributed by atoms with Crippen molar-refractivity contribution in [3.8, 4) is 0 Å². The van der Waals surface area contributed by atoms with E-state index in [1.165, 1.54) is 0 Å². The van der Waals surface area contributed by atoms with Crippen LogP contribution in [-0.2, 0) is 9.59 Å². The highest BCUT2D eigenvalue weighted by atomic mass is 79.9. The summed E-state index contributed by atoms with van der Waals surface area (Å²) >= 11 is 3.22. The first-order chi connectivity index (χ1) is 8.56. The topological polar surface area (TPSA) is 58.2 Å². The van der Waals surface area contributed by atoms with Crippen molar-refractivity contribution in [2.24, 2.45) is 0 Å². The molecule has 0 saturated heterocycles. The number of carbonyl (C=O) groups is 2. The largest absolute Gasteiger partial charge is 0.326 e. The van der Waals surface area contributed by atoms with E-state index in [1.54, 1.807) is 13.0 Å². The smallest absolute Gasteiger partial charge is 0.225 e. The van der Waals surface area contributed by atoms with Crippen molar-refractivity contribution in [2.75, 3.05) is 16.0 Å². The third-order valence-corrected chi connectivity index (χ3v) is 2.83. The van der Waals surface area contributed by atoms with Gasteiger partial charge in [-0.1, -0.05) is 28.9 Å². The maximum absolute atomic E-state index is 11.5. The number of aryl methyl sites for hydroxylation is 1. The molecule has 0 aliphatic rings. The highest BCUT2D eigenvalue weighted by Gasteiger charge is 2.06. The van der Waals surface area contributed by atoms with Gasteiger partial charge in [0.05, 0.1) is 0 Å². The van der Waals surface area contributed by atoms with Crippen LogP contribution >= 0.6 is 15.9 Å². The lowest BCUT2D eigenvalue weighted by atomic mass is 10.1. The zero-order valence-electron chi connectivity index (χ0n) is 10.5. The molecule has 0 aromatic heterocycles. The molecule has 2 N–H and O–H groups in total. The van der Waals surface area contributed by atoms with E-state index < -0.39 is 0 Å². The number of nitrogens with one attached hydrogen (secondary N) is 2. The van der Waals surface area contributed by atoms with Crippen LogP contribution in [0.1, 0.15) is 25.3 Å². The zero-order chi connectivity index (χ0) is 13.5. The number of carbonyl (C=O) groups excluding carboxylic acids is 2. The Morgan fingerprint density at radius 3 is 2.56 bits per heavy atom. The Balaban J connectivity index is 2.80. The average molecular weight is 313 g/mol. The predicted octanol–water partition coefficient (Wildman–Crippen LogP) is 3.07. The van der Waals surface area contributed by atoms with E-state index >= 15 is 0 Å². The molecule has 0 radical (unpaired) electrons. The van der Waals surface area contributed by atoms with E-state index in [0.29, 0.717) is 23.9 Å². The minimum atomic E-state index is -0.0473. The standard InChI is InChI=1S/C13H17BrN2O2/c1-3-12(17)15-10-5-4-9(2)11(8-10)16-13(18)6-7-14/h4-5,8H,3,6-7H2,1-2H3,(H,15,17)(H,16,18). The SMILES string of the molecule is CCC(=O)Nc1ccc(C)c(NC(=O)CCBr)c1. The molecule has 18 heavy (non-hydrogen) atoms. The Hall–Kier alpha value is -1.36. The van der Waals surface area contributed by atoms with Crippen LogP contribution in [-0.4, -0.2) is 17.1 Å². The Labute approximate surface area is 115 Å². The Morgan fingerprint density at radius 1 is 1.22 bits per heavy atom. The van der Waals surface area contributed by atoms with E-state index in [4.69, 9.17) is 0 Å². The van der Waals surface area contributed by atoms with E-state index in [0.717, 1.165) is 11.3 Å².